The fraction of sp³-hybridized carbons (Fsp3) is 0.632. The molecule has 1 amide bonds. The lowest BCUT2D eigenvalue weighted by atomic mass is 9.80. The summed E-state index contributed by atoms with van der Waals surface area (Å²) in [5.41, 5.74) is 1.78. The molecule has 1 N–H and O–H groups in total. The van der Waals surface area contributed by atoms with Gasteiger partial charge in [-0.25, -0.2) is 0 Å². The Morgan fingerprint density at radius 2 is 2.04 bits per heavy atom. The average Bonchev–Trinajstić information content (AvgIpc) is 3.31. The molecule has 0 radical (unpaired) electrons. The van der Waals surface area contributed by atoms with Gasteiger partial charge in [-0.15, -0.1) is 0 Å². The molecule has 4 nitrogen and oxygen atoms in total. The summed E-state index contributed by atoms with van der Waals surface area (Å²) in [7, 11) is 0. The number of benzene rings is 1. The van der Waals surface area contributed by atoms with Crippen molar-refractivity contribution in [1.82, 2.24) is 0 Å². The van der Waals surface area contributed by atoms with Crippen LogP contribution in [0, 0.1) is 17.3 Å². The van der Waals surface area contributed by atoms with Gasteiger partial charge in [0.25, 0.3) is 0 Å². The Bertz CT molecular complexity index is 578. The van der Waals surface area contributed by atoms with Crippen molar-refractivity contribution >= 4 is 11.6 Å². The van der Waals surface area contributed by atoms with Crippen LogP contribution in [0.2, 0.25) is 0 Å². The van der Waals surface area contributed by atoms with Crippen LogP contribution in [0.25, 0.3) is 0 Å². The second-order valence-electron chi connectivity index (χ2n) is 7.82. The molecular weight excluding hydrogens is 290 g/mol. The van der Waals surface area contributed by atoms with Crippen LogP contribution < -0.4 is 5.32 Å². The fourth-order valence-electron chi connectivity index (χ4n) is 3.32. The lowest BCUT2D eigenvalue weighted by Crippen LogP contribution is -2.45. The summed E-state index contributed by atoms with van der Waals surface area (Å²) in [4.78, 5) is 11.9. The molecule has 0 aromatic heterocycles. The highest BCUT2D eigenvalue weighted by molar-refractivity contribution is 5.94. The molecule has 2 unspecified atom stereocenters. The summed E-state index contributed by atoms with van der Waals surface area (Å²) in [6, 6.07) is 7.80. The van der Waals surface area contributed by atoms with E-state index >= 15 is 0 Å². The van der Waals surface area contributed by atoms with Crippen LogP contribution in [0.4, 0.5) is 5.69 Å². The summed E-state index contributed by atoms with van der Waals surface area (Å²) in [6.07, 6.45) is 1.79. The predicted molar refractivity (Wildman–Crippen MR) is 90.0 cm³/mol. The Morgan fingerprint density at radius 1 is 1.30 bits per heavy atom. The lowest BCUT2D eigenvalue weighted by Gasteiger charge is -2.44. The zero-order chi connectivity index (χ0) is 16.6. The van der Waals surface area contributed by atoms with Gasteiger partial charge in [-0.1, -0.05) is 39.8 Å². The molecule has 1 aromatic rings. The van der Waals surface area contributed by atoms with Gasteiger partial charge in [-0.3, -0.25) is 4.79 Å². The number of hydrogen-bond acceptors (Lipinski definition) is 3. The van der Waals surface area contributed by atoms with Crippen molar-refractivity contribution in [2.45, 2.75) is 52.9 Å². The Balaban J connectivity index is 1.72. The first-order chi connectivity index (χ1) is 10.9. The molecule has 1 aliphatic carbocycles. The highest BCUT2D eigenvalue weighted by Gasteiger charge is 2.40. The van der Waals surface area contributed by atoms with E-state index in [1.165, 1.54) is 0 Å². The van der Waals surface area contributed by atoms with E-state index in [2.05, 4.69) is 33.0 Å². The van der Waals surface area contributed by atoms with Gasteiger partial charge in [0.15, 0.2) is 6.29 Å². The third kappa shape index (κ3) is 3.75. The van der Waals surface area contributed by atoms with Gasteiger partial charge >= 0.3 is 0 Å². The first kappa shape index (κ1) is 16.5. The molecule has 1 aliphatic heterocycles. The Morgan fingerprint density at radius 3 is 2.70 bits per heavy atom. The number of hydrogen-bond donors (Lipinski definition) is 1. The minimum Gasteiger partial charge on any atom is -0.348 e. The normalized spacial score (nSPS) is 27.0. The van der Waals surface area contributed by atoms with E-state index in [0.717, 1.165) is 24.1 Å². The highest BCUT2D eigenvalue weighted by Crippen LogP contribution is 2.40. The molecule has 0 spiro atoms. The lowest BCUT2D eigenvalue weighted by molar-refractivity contribution is -0.274. The van der Waals surface area contributed by atoms with Gasteiger partial charge in [-0.2, -0.15) is 0 Å². The largest absolute Gasteiger partial charge is 0.348 e. The SMILES string of the molecule is CC(C)C1OC(c2cccc(NC(=O)C3CC3)c2)OCC1(C)C. The summed E-state index contributed by atoms with van der Waals surface area (Å²) < 4.78 is 12.2. The van der Waals surface area contributed by atoms with Gasteiger partial charge in [-0.05, 0) is 30.9 Å². The van der Waals surface area contributed by atoms with Crippen molar-refractivity contribution in [3.63, 3.8) is 0 Å². The van der Waals surface area contributed by atoms with Crippen molar-refractivity contribution in [2.24, 2.45) is 17.3 Å². The topological polar surface area (TPSA) is 47.6 Å². The van der Waals surface area contributed by atoms with Gasteiger partial charge in [0, 0.05) is 22.6 Å². The highest BCUT2D eigenvalue weighted by atomic mass is 16.7. The van der Waals surface area contributed by atoms with E-state index in [1.807, 2.05) is 24.3 Å². The summed E-state index contributed by atoms with van der Waals surface area (Å²) >= 11 is 0. The molecule has 1 aromatic carbocycles. The Hall–Kier alpha value is -1.39. The molecule has 126 valence electrons. The van der Waals surface area contributed by atoms with E-state index in [9.17, 15) is 4.79 Å². The van der Waals surface area contributed by atoms with Crippen molar-refractivity contribution in [2.75, 3.05) is 11.9 Å². The van der Waals surface area contributed by atoms with Gasteiger partial charge in [0.2, 0.25) is 5.91 Å². The molecule has 23 heavy (non-hydrogen) atoms. The number of anilines is 1. The van der Waals surface area contributed by atoms with Crippen LogP contribution in [0.3, 0.4) is 0 Å². The first-order valence-corrected chi connectivity index (χ1v) is 8.55. The standard InChI is InChI=1S/C19H27NO3/c1-12(2)16-19(3,4)11-22-18(23-16)14-6-5-7-15(10-14)20-17(21)13-8-9-13/h5-7,10,12-13,16,18H,8-9,11H2,1-4H3,(H,20,21). The van der Waals surface area contributed by atoms with Gasteiger partial charge in [0.05, 0.1) is 12.7 Å². The molecule has 1 saturated heterocycles. The van der Waals surface area contributed by atoms with E-state index in [-0.39, 0.29) is 29.6 Å². The molecule has 2 atom stereocenters. The molecule has 3 rings (SSSR count). The van der Waals surface area contributed by atoms with E-state index in [4.69, 9.17) is 9.47 Å². The van der Waals surface area contributed by atoms with Crippen LogP contribution in [0.5, 0.6) is 0 Å². The number of nitrogens with one attached hydrogen (secondary N) is 1. The van der Waals surface area contributed by atoms with Crippen molar-refractivity contribution in [3.8, 4) is 0 Å². The maximum absolute atomic E-state index is 11.9. The van der Waals surface area contributed by atoms with Crippen LogP contribution >= 0.6 is 0 Å². The van der Waals surface area contributed by atoms with E-state index in [1.54, 1.807) is 0 Å². The smallest absolute Gasteiger partial charge is 0.227 e. The molecular formula is C19H27NO3. The number of rotatable bonds is 4. The monoisotopic (exact) mass is 317 g/mol. The van der Waals surface area contributed by atoms with Gasteiger partial charge < -0.3 is 14.8 Å². The summed E-state index contributed by atoms with van der Waals surface area (Å²) in [6.45, 7) is 9.39. The molecule has 1 heterocycles. The second-order valence-corrected chi connectivity index (χ2v) is 7.82. The van der Waals surface area contributed by atoms with Crippen molar-refractivity contribution in [3.05, 3.63) is 29.8 Å². The Kier molecular flexibility index (Phi) is 4.47. The third-order valence-corrected chi connectivity index (χ3v) is 4.63. The zero-order valence-corrected chi connectivity index (χ0v) is 14.5. The summed E-state index contributed by atoms with van der Waals surface area (Å²) in [5, 5.41) is 2.98. The van der Waals surface area contributed by atoms with Crippen molar-refractivity contribution in [1.29, 1.82) is 0 Å². The van der Waals surface area contributed by atoms with E-state index in [0.29, 0.717) is 12.5 Å². The quantitative estimate of drug-likeness (QED) is 0.908. The Labute approximate surface area is 138 Å². The van der Waals surface area contributed by atoms with Gasteiger partial charge in [0.1, 0.15) is 0 Å². The number of ether oxygens (including phenoxy) is 2. The van der Waals surface area contributed by atoms with Crippen LogP contribution in [0.1, 0.15) is 52.4 Å². The van der Waals surface area contributed by atoms with Crippen LogP contribution in [-0.2, 0) is 14.3 Å². The predicted octanol–water partition coefficient (Wildman–Crippen LogP) is 4.13. The molecule has 0 bridgehead atoms. The molecule has 4 heteroatoms. The van der Waals surface area contributed by atoms with Crippen LogP contribution in [0.15, 0.2) is 24.3 Å². The number of carbonyl (C=O) groups excluding carboxylic acids is 1. The second kappa shape index (κ2) is 6.25. The molecule has 1 saturated carbocycles. The minimum atomic E-state index is -0.367. The molecule has 2 aliphatic rings. The molecule has 2 fully saturated rings. The minimum absolute atomic E-state index is 0.00245. The fourth-order valence-corrected chi connectivity index (χ4v) is 3.32. The maximum Gasteiger partial charge on any atom is 0.227 e. The van der Waals surface area contributed by atoms with Crippen molar-refractivity contribution < 1.29 is 14.3 Å². The third-order valence-electron chi connectivity index (χ3n) is 4.63. The maximum atomic E-state index is 11.9. The average molecular weight is 317 g/mol. The summed E-state index contributed by atoms with van der Waals surface area (Å²) in [5.74, 6) is 0.745. The number of carbonyl (C=O) groups is 1. The zero-order valence-electron chi connectivity index (χ0n) is 14.5. The number of amides is 1. The first-order valence-electron chi connectivity index (χ1n) is 8.55. The van der Waals surface area contributed by atoms with Crippen LogP contribution in [-0.4, -0.2) is 18.6 Å². The van der Waals surface area contributed by atoms with E-state index < -0.39 is 0 Å².